The molecule has 0 fully saturated rings. The Kier molecular flexibility index (Phi) is 6.25. The molecular weight excluding hydrogens is 426 g/mol. The molecule has 0 saturated heterocycles. The average molecular weight is 445 g/mol. The first kappa shape index (κ1) is 22.9. The minimum atomic E-state index is -4.73. The monoisotopic (exact) mass is 445 g/mol. The number of rotatable bonds is 4. The maximum Gasteiger partial charge on any atom is 0.416 e. The zero-order valence-corrected chi connectivity index (χ0v) is 17.4. The van der Waals surface area contributed by atoms with Crippen LogP contribution >= 0.6 is 0 Å². The fourth-order valence-corrected chi connectivity index (χ4v) is 3.63. The number of nitriles is 1. The smallest absolute Gasteiger partial charge is 0.416 e. The molecule has 1 aliphatic heterocycles. The highest BCUT2D eigenvalue weighted by molar-refractivity contribution is 6.07. The molecule has 32 heavy (non-hydrogen) atoms. The molecule has 0 aliphatic carbocycles. The summed E-state index contributed by atoms with van der Waals surface area (Å²) in [5.41, 5.74) is -0.262. The molecule has 5 nitrogen and oxygen atoms in total. The van der Waals surface area contributed by atoms with E-state index in [1.54, 1.807) is 38.1 Å². The van der Waals surface area contributed by atoms with E-state index in [-0.39, 0.29) is 16.7 Å². The molecule has 0 radical (unpaired) electrons. The van der Waals surface area contributed by atoms with Crippen molar-refractivity contribution >= 4 is 11.6 Å². The van der Waals surface area contributed by atoms with Gasteiger partial charge in [-0.2, -0.15) is 18.4 Å². The van der Waals surface area contributed by atoms with E-state index in [1.165, 1.54) is 7.11 Å². The zero-order chi connectivity index (χ0) is 23.6. The van der Waals surface area contributed by atoms with Gasteiger partial charge in [-0.25, -0.2) is 4.39 Å². The molecule has 0 bridgehead atoms. The number of methoxy groups -OCH3 is 1. The number of para-hydroxylation sites is 2. The van der Waals surface area contributed by atoms with Gasteiger partial charge in [0.15, 0.2) is 0 Å². The number of hydrogen-bond donors (Lipinski definition) is 2. The summed E-state index contributed by atoms with van der Waals surface area (Å²) in [5, 5.41) is 15.3. The minimum absolute atomic E-state index is 0.0108. The van der Waals surface area contributed by atoms with E-state index < -0.39 is 29.4 Å². The summed E-state index contributed by atoms with van der Waals surface area (Å²) < 4.78 is 59.1. The lowest BCUT2D eigenvalue weighted by Gasteiger charge is -2.29. The number of ether oxygens (including phenoxy) is 1. The van der Waals surface area contributed by atoms with Crippen molar-refractivity contribution in [1.82, 2.24) is 5.32 Å². The number of allylic oxidation sites excluding steroid dienone is 3. The maximum absolute atomic E-state index is 14.9. The molecule has 2 N–H and O–H groups in total. The molecule has 2 aromatic rings. The van der Waals surface area contributed by atoms with E-state index in [4.69, 9.17) is 4.74 Å². The van der Waals surface area contributed by atoms with Crippen LogP contribution in [0.4, 0.5) is 23.2 Å². The normalized spacial score (nSPS) is 16.4. The SMILES string of the molecule is COc1ccccc1NC(=O)C1=C(C)NC(C)=C(C#N)C1c1ccc(C(F)(F)F)cc1F. The quantitative estimate of drug-likeness (QED) is 0.631. The lowest BCUT2D eigenvalue weighted by atomic mass is 9.80. The van der Waals surface area contributed by atoms with Crippen molar-refractivity contribution in [1.29, 1.82) is 5.26 Å². The molecule has 0 aromatic heterocycles. The topological polar surface area (TPSA) is 74.2 Å². The van der Waals surface area contributed by atoms with Crippen molar-refractivity contribution in [3.63, 3.8) is 0 Å². The van der Waals surface area contributed by atoms with E-state index in [1.807, 2.05) is 6.07 Å². The summed E-state index contributed by atoms with van der Waals surface area (Å²) in [6.07, 6.45) is -4.73. The number of anilines is 1. The molecule has 9 heteroatoms. The molecule has 1 atom stereocenters. The summed E-state index contributed by atoms with van der Waals surface area (Å²) in [6.45, 7) is 3.15. The summed E-state index contributed by atoms with van der Waals surface area (Å²) >= 11 is 0. The zero-order valence-electron chi connectivity index (χ0n) is 17.4. The van der Waals surface area contributed by atoms with Gasteiger partial charge in [0.1, 0.15) is 11.6 Å². The second kappa shape index (κ2) is 8.75. The van der Waals surface area contributed by atoms with E-state index in [0.717, 1.165) is 12.1 Å². The van der Waals surface area contributed by atoms with Gasteiger partial charge >= 0.3 is 6.18 Å². The predicted molar refractivity (Wildman–Crippen MR) is 110 cm³/mol. The molecule has 0 saturated carbocycles. The number of dihydropyridines is 1. The van der Waals surface area contributed by atoms with Gasteiger partial charge in [-0.3, -0.25) is 4.79 Å². The first-order valence-electron chi connectivity index (χ1n) is 9.48. The molecule has 1 aliphatic rings. The average Bonchev–Trinajstić information content (AvgIpc) is 2.73. The van der Waals surface area contributed by atoms with Gasteiger partial charge in [0, 0.05) is 22.5 Å². The van der Waals surface area contributed by atoms with E-state index in [9.17, 15) is 27.6 Å². The second-order valence-electron chi connectivity index (χ2n) is 7.14. The minimum Gasteiger partial charge on any atom is -0.495 e. The molecular formula is C23H19F4N3O2. The Morgan fingerprint density at radius 3 is 2.44 bits per heavy atom. The van der Waals surface area contributed by atoms with Crippen LogP contribution in [0, 0.1) is 17.1 Å². The Bertz CT molecular complexity index is 1180. The fraction of sp³-hybridized carbons (Fsp3) is 0.217. The lowest BCUT2D eigenvalue weighted by molar-refractivity contribution is -0.137. The summed E-state index contributed by atoms with van der Waals surface area (Å²) in [6, 6.07) is 10.6. The van der Waals surface area contributed by atoms with Crippen LogP contribution in [0.15, 0.2) is 65.0 Å². The van der Waals surface area contributed by atoms with Crippen LogP contribution in [0.5, 0.6) is 5.75 Å². The van der Waals surface area contributed by atoms with E-state index >= 15 is 0 Å². The first-order valence-corrected chi connectivity index (χ1v) is 9.48. The number of nitrogens with one attached hydrogen (secondary N) is 2. The molecule has 166 valence electrons. The second-order valence-corrected chi connectivity index (χ2v) is 7.14. The molecule has 2 aromatic carbocycles. The van der Waals surface area contributed by atoms with Crippen LogP contribution in [0.25, 0.3) is 0 Å². The van der Waals surface area contributed by atoms with Crippen LogP contribution < -0.4 is 15.4 Å². The summed E-state index contributed by atoms with van der Waals surface area (Å²) in [4.78, 5) is 13.2. The summed E-state index contributed by atoms with van der Waals surface area (Å²) in [5.74, 6) is -2.63. The van der Waals surface area contributed by atoms with Crippen molar-refractivity contribution in [2.45, 2.75) is 25.9 Å². The Hall–Kier alpha value is -3.80. The van der Waals surface area contributed by atoms with Crippen molar-refractivity contribution in [2.24, 2.45) is 0 Å². The number of benzene rings is 2. The predicted octanol–water partition coefficient (Wildman–Crippen LogP) is 5.25. The van der Waals surface area contributed by atoms with Crippen molar-refractivity contribution in [3.05, 3.63) is 81.9 Å². The van der Waals surface area contributed by atoms with Crippen LogP contribution in [-0.4, -0.2) is 13.0 Å². The third-order valence-electron chi connectivity index (χ3n) is 5.12. The largest absolute Gasteiger partial charge is 0.495 e. The van der Waals surface area contributed by atoms with Gasteiger partial charge in [0.05, 0.1) is 35.9 Å². The van der Waals surface area contributed by atoms with Crippen molar-refractivity contribution in [3.8, 4) is 11.8 Å². The Balaban J connectivity index is 2.11. The van der Waals surface area contributed by atoms with Crippen LogP contribution in [0.3, 0.4) is 0 Å². The molecule has 1 unspecified atom stereocenters. The van der Waals surface area contributed by atoms with Crippen LogP contribution in [0.2, 0.25) is 0 Å². The van der Waals surface area contributed by atoms with Gasteiger partial charge in [0.2, 0.25) is 0 Å². The van der Waals surface area contributed by atoms with Crippen molar-refractivity contribution < 1.29 is 27.1 Å². The highest BCUT2D eigenvalue weighted by Crippen LogP contribution is 2.41. The van der Waals surface area contributed by atoms with Gasteiger partial charge in [-0.05, 0) is 38.1 Å². The highest BCUT2D eigenvalue weighted by Gasteiger charge is 2.37. The number of nitrogens with zero attached hydrogens (tertiary/aromatic N) is 1. The Morgan fingerprint density at radius 1 is 1.16 bits per heavy atom. The maximum atomic E-state index is 14.9. The van der Waals surface area contributed by atoms with Gasteiger partial charge in [0.25, 0.3) is 5.91 Å². The summed E-state index contributed by atoms with van der Waals surface area (Å²) in [7, 11) is 1.43. The molecule has 0 spiro atoms. The highest BCUT2D eigenvalue weighted by atomic mass is 19.4. The third kappa shape index (κ3) is 4.30. The van der Waals surface area contributed by atoms with E-state index in [2.05, 4.69) is 10.6 Å². The van der Waals surface area contributed by atoms with E-state index in [0.29, 0.717) is 28.9 Å². The number of carbonyl (C=O) groups is 1. The number of carbonyl (C=O) groups excluding carboxylic acids is 1. The van der Waals surface area contributed by atoms with Gasteiger partial charge in [-0.15, -0.1) is 0 Å². The Labute approximate surface area is 182 Å². The molecule has 1 amide bonds. The molecule has 3 rings (SSSR count). The molecule has 1 heterocycles. The third-order valence-corrected chi connectivity index (χ3v) is 5.12. The lowest BCUT2D eigenvalue weighted by Crippen LogP contribution is -2.31. The number of halogens is 4. The Morgan fingerprint density at radius 2 is 1.84 bits per heavy atom. The fourth-order valence-electron chi connectivity index (χ4n) is 3.63. The van der Waals surface area contributed by atoms with Crippen LogP contribution in [0.1, 0.15) is 30.9 Å². The first-order chi connectivity index (χ1) is 15.1. The van der Waals surface area contributed by atoms with Crippen LogP contribution in [-0.2, 0) is 11.0 Å². The number of hydrogen-bond acceptors (Lipinski definition) is 4. The van der Waals surface area contributed by atoms with Gasteiger partial charge < -0.3 is 15.4 Å². The standard InChI is InChI=1S/C23H19F4N3O2/c1-12-16(11-28)21(15-9-8-14(10-17(15)24)23(25,26)27)20(13(2)29-12)22(31)30-18-6-4-5-7-19(18)32-3/h4-10,21,29H,1-3H3,(H,30,31). The van der Waals surface area contributed by atoms with Gasteiger partial charge in [-0.1, -0.05) is 18.2 Å². The number of amides is 1. The van der Waals surface area contributed by atoms with Crippen molar-refractivity contribution in [2.75, 3.05) is 12.4 Å². The number of alkyl halides is 3.